The minimum Gasteiger partial charge on any atom is -0.497 e. The molecule has 0 saturated carbocycles. The smallest absolute Gasteiger partial charge is 0.259 e. The first-order valence-corrected chi connectivity index (χ1v) is 21.2. The number of amides is 4. The molecular weight excluding hydrogens is 895 g/mol. The van der Waals surface area contributed by atoms with Gasteiger partial charge < -0.3 is 53.7 Å². The number of carbonyl (C=O) groups is 4. The summed E-state index contributed by atoms with van der Waals surface area (Å²) in [7, 11) is 3.10. The molecule has 0 spiro atoms. The van der Waals surface area contributed by atoms with E-state index in [0.29, 0.717) is 68.1 Å². The first kappa shape index (κ1) is 51.3. The van der Waals surface area contributed by atoms with Crippen molar-refractivity contribution in [3.63, 3.8) is 0 Å². The monoisotopic (exact) mass is 944 g/mol. The molecule has 12 N–H and O–H groups in total. The van der Waals surface area contributed by atoms with Gasteiger partial charge in [0, 0.05) is 56.6 Å². The lowest BCUT2D eigenvalue weighted by Crippen LogP contribution is -2.13. The molecule has 356 valence electrons. The lowest BCUT2D eigenvalue weighted by Gasteiger charge is -2.09. The van der Waals surface area contributed by atoms with Crippen LogP contribution in [0.4, 0.5) is 54.3 Å². The number of anilines is 8. The highest BCUT2D eigenvalue weighted by molar-refractivity contribution is 6.07. The summed E-state index contributed by atoms with van der Waals surface area (Å²) in [5.41, 5.74) is 28.7. The highest BCUT2D eigenvalue weighted by Gasteiger charge is 2.13. The van der Waals surface area contributed by atoms with Crippen LogP contribution in [-0.4, -0.2) is 37.8 Å². The lowest BCUT2D eigenvalue weighted by molar-refractivity contribution is 0.101. The van der Waals surface area contributed by atoms with Crippen LogP contribution >= 0.6 is 0 Å². The number of benzene rings is 8. The minimum absolute atomic E-state index is 0.0179. The van der Waals surface area contributed by atoms with Crippen molar-refractivity contribution in [3.8, 4) is 11.5 Å². The van der Waals surface area contributed by atoms with Crippen molar-refractivity contribution in [2.75, 3.05) is 58.4 Å². The average molecular weight is 945 g/mol. The Labute approximate surface area is 403 Å². The maximum atomic E-state index is 13.3. The number of hydrogen-bond donors (Lipinski definition) is 8. The van der Waals surface area contributed by atoms with Crippen LogP contribution in [0.1, 0.15) is 41.4 Å². The molecule has 0 fully saturated rings. The fraction of sp³-hybridized carbons (Fsp3) is 0.0370. The zero-order valence-corrected chi connectivity index (χ0v) is 38.0. The number of para-hydroxylation sites is 1. The number of ether oxygens (including phenoxy) is 2. The summed E-state index contributed by atoms with van der Waals surface area (Å²) in [4.78, 5) is 47.5. The van der Waals surface area contributed by atoms with Gasteiger partial charge in [-0.1, -0.05) is 36.4 Å². The van der Waals surface area contributed by atoms with E-state index < -0.39 is 17.5 Å². The van der Waals surface area contributed by atoms with Crippen LogP contribution in [0.2, 0.25) is 0 Å². The van der Waals surface area contributed by atoms with Crippen LogP contribution in [-0.2, 0) is 0 Å². The Morgan fingerprint density at radius 3 is 1.17 bits per heavy atom. The van der Waals surface area contributed by atoms with Crippen molar-refractivity contribution in [3.05, 3.63) is 228 Å². The van der Waals surface area contributed by atoms with E-state index in [0.717, 1.165) is 0 Å². The number of halogens is 2. The van der Waals surface area contributed by atoms with Crippen molar-refractivity contribution in [2.24, 2.45) is 0 Å². The highest BCUT2D eigenvalue weighted by atomic mass is 19.1. The van der Waals surface area contributed by atoms with Crippen LogP contribution < -0.4 is 53.7 Å². The van der Waals surface area contributed by atoms with E-state index in [2.05, 4.69) is 21.3 Å². The molecule has 8 rings (SSSR count). The molecule has 70 heavy (non-hydrogen) atoms. The minimum atomic E-state index is -0.541. The number of hydrogen-bond acceptors (Lipinski definition) is 10. The van der Waals surface area contributed by atoms with E-state index in [-0.39, 0.29) is 28.8 Å². The van der Waals surface area contributed by atoms with Crippen LogP contribution in [0.15, 0.2) is 194 Å². The van der Waals surface area contributed by atoms with Crippen LogP contribution in [0.3, 0.4) is 0 Å². The Hall–Kier alpha value is -9.70. The van der Waals surface area contributed by atoms with Gasteiger partial charge in [-0.2, -0.15) is 0 Å². The summed E-state index contributed by atoms with van der Waals surface area (Å²) in [5, 5.41) is 10.8. The summed E-state index contributed by atoms with van der Waals surface area (Å²) >= 11 is 0. The van der Waals surface area contributed by atoms with Crippen molar-refractivity contribution in [1.29, 1.82) is 0 Å². The van der Waals surface area contributed by atoms with Gasteiger partial charge >= 0.3 is 0 Å². The van der Waals surface area contributed by atoms with Crippen LogP contribution in [0.25, 0.3) is 0 Å². The van der Waals surface area contributed by atoms with Crippen LogP contribution in [0.5, 0.6) is 11.5 Å². The second kappa shape index (κ2) is 25.9. The molecule has 0 radical (unpaired) electrons. The van der Waals surface area contributed by atoms with Gasteiger partial charge in [0.1, 0.15) is 23.1 Å². The maximum Gasteiger partial charge on any atom is 0.259 e. The Balaban J connectivity index is 0.000000174. The van der Waals surface area contributed by atoms with E-state index in [1.807, 2.05) is 6.07 Å². The van der Waals surface area contributed by atoms with E-state index >= 15 is 0 Å². The second-order valence-electron chi connectivity index (χ2n) is 14.7. The van der Waals surface area contributed by atoms with Gasteiger partial charge in [0.2, 0.25) is 0 Å². The molecule has 8 aromatic carbocycles. The molecule has 0 aliphatic heterocycles. The van der Waals surface area contributed by atoms with Crippen LogP contribution in [0, 0.1) is 11.6 Å². The fourth-order valence-electron chi connectivity index (χ4n) is 5.94. The van der Waals surface area contributed by atoms with E-state index in [4.69, 9.17) is 32.4 Å². The number of rotatable bonds is 10. The SMILES string of the molecule is COc1cccc(C(=O)Nc2ccc(N)cc2)c1.COc1ccccc1C(=O)Nc1ccc(N)cc1.Nc1ccc(NC(=O)c2cccc(F)c2)cc1.Nc1ccc(NC(=O)c2ccccc2F)cc1. The second-order valence-corrected chi connectivity index (χ2v) is 14.7. The normalized spacial score (nSPS) is 9.89. The Morgan fingerprint density at radius 1 is 0.386 bits per heavy atom. The standard InChI is InChI=1S/2C14H14N2O2.2C13H11FN2O/c1-18-13-4-2-3-10(9-13)14(17)16-12-7-5-11(15)6-8-12;1-18-13-5-3-2-4-12(13)14(17)16-11-8-6-10(15)7-9-11;14-10-3-1-2-9(8-10)13(17)16-12-6-4-11(15)5-7-12;14-12-4-2-1-3-11(12)13(17)16-10-7-5-9(15)6-8-10/h2*2-9H,15H2,1H3,(H,16,17);2*1-8H,15H2,(H,16,17). The molecule has 16 heteroatoms. The molecule has 0 aliphatic rings. The molecule has 0 unspecified atom stereocenters. The third kappa shape index (κ3) is 16.3. The number of nitrogens with two attached hydrogens (primary N) is 4. The van der Waals surface area contributed by atoms with Gasteiger partial charge in [0.15, 0.2) is 0 Å². The van der Waals surface area contributed by atoms with Gasteiger partial charge in [0.25, 0.3) is 23.6 Å². The van der Waals surface area contributed by atoms with Crippen molar-refractivity contribution in [1.82, 2.24) is 0 Å². The Kier molecular flexibility index (Phi) is 18.9. The van der Waals surface area contributed by atoms with Gasteiger partial charge in [-0.05, 0) is 158 Å². The zero-order valence-electron chi connectivity index (χ0n) is 38.0. The average Bonchev–Trinajstić information content (AvgIpc) is 3.37. The summed E-state index contributed by atoms with van der Waals surface area (Å²) in [6.07, 6.45) is 0. The van der Waals surface area contributed by atoms with Gasteiger partial charge in [-0.3, -0.25) is 19.2 Å². The quantitative estimate of drug-likeness (QED) is 0.0604. The Bertz CT molecular complexity index is 2990. The zero-order chi connectivity index (χ0) is 50.4. The summed E-state index contributed by atoms with van der Waals surface area (Å²) < 4.78 is 36.5. The molecular formula is C54H50F2N8O6. The molecule has 0 aromatic heterocycles. The molecule has 0 atom stereocenters. The first-order valence-electron chi connectivity index (χ1n) is 21.2. The number of methoxy groups -OCH3 is 2. The fourth-order valence-corrected chi connectivity index (χ4v) is 5.94. The number of carbonyl (C=O) groups excluding carboxylic acids is 4. The van der Waals surface area contributed by atoms with Crippen molar-refractivity contribution < 1.29 is 37.4 Å². The van der Waals surface area contributed by atoms with Gasteiger partial charge in [0.05, 0.1) is 25.3 Å². The number of nitrogen functional groups attached to an aromatic ring is 4. The molecule has 0 bridgehead atoms. The van der Waals surface area contributed by atoms with E-state index in [9.17, 15) is 28.0 Å². The molecule has 8 aromatic rings. The third-order valence-electron chi connectivity index (χ3n) is 9.56. The summed E-state index contributed by atoms with van der Waals surface area (Å²) in [6.45, 7) is 0. The van der Waals surface area contributed by atoms with E-state index in [1.165, 1.54) is 43.5 Å². The largest absolute Gasteiger partial charge is 0.497 e. The highest BCUT2D eigenvalue weighted by Crippen LogP contribution is 2.21. The maximum absolute atomic E-state index is 13.3. The van der Waals surface area contributed by atoms with E-state index in [1.54, 1.807) is 159 Å². The molecule has 4 amide bonds. The molecule has 0 aliphatic carbocycles. The van der Waals surface area contributed by atoms with Gasteiger partial charge in [-0.25, -0.2) is 8.78 Å². The Morgan fingerprint density at radius 2 is 0.757 bits per heavy atom. The van der Waals surface area contributed by atoms with Crippen molar-refractivity contribution in [2.45, 2.75) is 0 Å². The van der Waals surface area contributed by atoms with Gasteiger partial charge in [-0.15, -0.1) is 0 Å². The predicted molar refractivity (Wildman–Crippen MR) is 274 cm³/mol. The topological polar surface area (TPSA) is 239 Å². The first-order chi connectivity index (χ1) is 33.7. The molecule has 0 heterocycles. The summed E-state index contributed by atoms with van der Waals surface area (Å²) in [6, 6.07) is 52.8. The van der Waals surface area contributed by atoms with Crippen molar-refractivity contribution >= 4 is 69.1 Å². The molecule has 14 nitrogen and oxygen atoms in total. The predicted octanol–water partition coefficient (Wildman–Crippen LogP) is 10.4. The summed E-state index contributed by atoms with van der Waals surface area (Å²) in [5.74, 6) is -1.00. The lowest BCUT2D eigenvalue weighted by atomic mass is 10.2. The molecule has 0 saturated heterocycles. The third-order valence-corrected chi connectivity index (χ3v) is 9.56. The number of nitrogens with one attached hydrogen (secondary N) is 4.